The summed E-state index contributed by atoms with van der Waals surface area (Å²) in [6.07, 6.45) is 3.81. The van der Waals surface area contributed by atoms with Crippen molar-refractivity contribution in [2.45, 2.75) is 39.2 Å². The number of amides is 2. The van der Waals surface area contributed by atoms with Crippen LogP contribution in [0, 0.1) is 5.92 Å². The Labute approximate surface area is 104 Å². The molecule has 2 fully saturated rings. The fourth-order valence-electron chi connectivity index (χ4n) is 2.55. The molecule has 1 atom stereocenters. The molecule has 4 nitrogen and oxygen atoms in total. The van der Waals surface area contributed by atoms with Crippen LogP contribution in [0.15, 0.2) is 0 Å². The van der Waals surface area contributed by atoms with Crippen LogP contribution in [0.2, 0.25) is 0 Å². The largest absolute Gasteiger partial charge is 0.338 e. The molecule has 0 spiro atoms. The topological polar surface area (TPSA) is 35.6 Å². The second kappa shape index (κ2) is 5.71. The van der Waals surface area contributed by atoms with Crippen LogP contribution in [0.3, 0.4) is 0 Å². The van der Waals surface area contributed by atoms with Crippen LogP contribution in [-0.4, -0.2) is 54.6 Å². The minimum absolute atomic E-state index is 0.116. The summed E-state index contributed by atoms with van der Waals surface area (Å²) in [6, 6.07) is 0.835. The van der Waals surface area contributed by atoms with Gasteiger partial charge in [0.2, 0.25) is 0 Å². The Morgan fingerprint density at radius 2 is 1.94 bits per heavy atom. The summed E-state index contributed by atoms with van der Waals surface area (Å²) in [4.78, 5) is 16.3. The van der Waals surface area contributed by atoms with Gasteiger partial charge < -0.3 is 10.2 Å². The monoisotopic (exact) mass is 239 g/mol. The van der Waals surface area contributed by atoms with Gasteiger partial charge in [-0.05, 0) is 32.1 Å². The van der Waals surface area contributed by atoms with Gasteiger partial charge in [0.15, 0.2) is 0 Å². The van der Waals surface area contributed by atoms with Crippen LogP contribution in [0.25, 0.3) is 0 Å². The van der Waals surface area contributed by atoms with E-state index in [1.165, 1.54) is 12.8 Å². The van der Waals surface area contributed by atoms with Crippen LogP contribution < -0.4 is 5.32 Å². The van der Waals surface area contributed by atoms with Gasteiger partial charge in [-0.25, -0.2) is 4.79 Å². The van der Waals surface area contributed by atoms with Crippen LogP contribution in [0.4, 0.5) is 4.79 Å². The molecule has 4 heteroatoms. The number of nitrogens with one attached hydrogen (secondary N) is 1. The first-order valence-corrected chi connectivity index (χ1v) is 6.99. The van der Waals surface area contributed by atoms with E-state index in [1.807, 2.05) is 4.90 Å². The molecule has 2 rings (SSSR count). The summed E-state index contributed by atoms with van der Waals surface area (Å²) < 4.78 is 0. The summed E-state index contributed by atoms with van der Waals surface area (Å²) in [5.41, 5.74) is 0. The molecule has 0 bridgehead atoms. The fourth-order valence-corrected chi connectivity index (χ4v) is 2.55. The van der Waals surface area contributed by atoms with Crippen molar-refractivity contribution in [2.75, 3.05) is 32.7 Å². The first-order valence-electron chi connectivity index (χ1n) is 6.99. The third kappa shape index (κ3) is 3.35. The number of hydrogen-bond acceptors (Lipinski definition) is 2. The second-order valence-electron chi connectivity index (χ2n) is 5.33. The van der Waals surface area contributed by atoms with Gasteiger partial charge >= 0.3 is 6.03 Å². The SMILES string of the molecule is CCCNC(=O)N1CCN(C(C)C2CC2)CC1. The third-order valence-corrected chi connectivity index (χ3v) is 4.01. The van der Waals surface area contributed by atoms with Crippen LogP contribution in [0.1, 0.15) is 33.1 Å². The minimum Gasteiger partial charge on any atom is -0.338 e. The van der Waals surface area contributed by atoms with E-state index < -0.39 is 0 Å². The second-order valence-corrected chi connectivity index (χ2v) is 5.33. The van der Waals surface area contributed by atoms with E-state index >= 15 is 0 Å². The first kappa shape index (κ1) is 12.7. The highest BCUT2D eigenvalue weighted by Crippen LogP contribution is 2.35. The number of piperazine rings is 1. The molecule has 0 aromatic rings. The molecule has 1 heterocycles. The highest BCUT2D eigenvalue weighted by Gasteiger charge is 2.33. The normalized spacial score (nSPS) is 23.5. The Hall–Kier alpha value is -0.770. The average Bonchev–Trinajstić information content (AvgIpc) is 3.19. The summed E-state index contributed by atoms with van der Waals surface area (Å²) in [6.45, 7) is 9.05. The van der Waals surface area contributed by atoms with Crippen molar-refractivity contribution in [1.82, 2.24) is 15.1 Å². The van der Waals surface area contributed by atoms with Crippen molar-refractivity contribution in [3.63, 3.8) is 0 Å². The maximum absolute atomic E-state index is 11.8. The molecular weight excluding hydrogens is 214 g/mol. The lowest BCUT2D eigenvalue weighted by molar-refractivity contribution is 0.106. The highest BCUT2D eigenvalue weighted by atomic mass is 16.2. The molecule has 1 aliphatic carbocycles. The third-order valence-electron chi connectivity index (χ3n) is 4.01. The van der Waals surface area contributed by atoms with Crippen LogP contribution in [0.5, 0.6) is 0 Å². The lowest BCUT2D eigenvalue weighted by atomic mass is 10.1. The summed E-state index contributed by atoms with van der Waals surface area (Å²) >= 11 is 0. The molecule has 1 saturated carbocycles. The molecule has 2 amide bonds. The zero-order valence-electron chi connectivity index (χ0n) is 11.1. The van der Waals surface area contributed by atoms with E-state index in [0.717, 1.165) is 51.1 Å². The maximum Gasteiger partial charge on any atom is 0.317 e. The molecular formula is C13H25N3O. The van der Waals surface area contributed by atoms with Crippen molar-refractivity contribution in [2.24, 2.45) is 5.92 Å². The van der Waals surface area contributed by atoms with Crippen molar-refractivity contribution in [3.8, 4) is 0 Å². The molecule has 1 unspecified atom stereocenters. The van der Waals surface area contributed by atoms with Gasteiger partial charge in [-0.1, -0.05) is 6.92 Å². The Morgan fingerprint density at radius 1 is 1.29 bits per heavy atom. The molecule has 0 radical (unpaired) electrons. The van der Waals surface area contributed by atoms with Crippen molar-refractivity contribution in [3.05, 3.63) is 0 Å². The van der Waals surface area contributed by atoms with E-state index in [4.69, 9.17) is 0 Å². The number of rotatable bonds is 4. The molecule has 98 valence electrons. The number of nitrogens with zero attached hydrogens (tertiary/aromatic N) is 2. The van der Waals surface area contributed by atoms with E-state index in [2.05, 4.69) is 24.1 Å². The predicted molar refractivity (Wildman–Crippen MR) is 69.0 cm³/mol. The highest BCUT2D eigenvalue weighted by molar-refractivity contribution is 5.74. The van der Waals surface area contributed by atoms with Crippen LogP contribution >= 0.6 is 0 Å². The van der Waals surface area contributed by atoms with Crippen molar-refractivity contribution < 1.29 is 4.79 Å². The summed E-state index contributed by atoms with van der Waals surface area (Å²) in [5, 5.41) is 2.95. The smallest absolute Gasteiger partial charge is 0.317 e. The Kier molecular flexibility index (Phi) is 4.26. The van der Waals surface area contributed by atoms with E-state index in [-0.39, 0.29) is 6.03 Å². The van der Waals surface area contributed by atoms with Gasteiger partial charge in [0.05, 0.1) is 0 Å². The number of carbonyl (C=O) groups excluding carboxylic acids is 1. The predicted octanol–water partition coefficient (Wildman–Crippen LogP) is 1.52. The molecule has 1 N–H and O–H groups in total. The molecule has 0 aromatic carbocycles. The van der Waals surface area contributed by atoms with Crippen molar-refractivity contribution in [1.29, 1.82) is 0 Å². The minimum atomic E-state index is 0.116. The number of carbonyl (C=O) groups is 1. The quantitative estimate of drug-likeness (QED) is 0.807. The van der Waals surface area contributed by atoms with Gasteiger partial charge in [0.1, 0.15) is 0 Å². The van der Waals surface area contributed by atoms with Crippen LogP contribution in [-0.2, 0) is 0 Å². The van der Waals surface area contributed by atoms with Gasteiger partial charge in [0, 0.05) is 38.8 Å². The Morgan fingerprint density at radius 3 is 2.47 bits per heavy atom. The molecule has 17 heavy (non-hydrogen) atoms. The van der Waals surface area contributed by atoms with E-state index in [9.17, 15) is 4.79 Å². The number of urea groups is 1. The fraction of sp³-hybridized carbons (Fsp3) is 0.923. The van der Waals surface area contributed by atoms with Gasteiger partial charge in [-0.3, -0.25) is 4.90 Å². The average molecular weight is 239 g/mol. The van der Waals surface area contributed by atoms with E-state index in [0.29, 0.717) is 0 Å². The lowest BCUT2D eigenvalue weighted by Gasteiger charge is -2.38. The molecule has 0 aromatic heterocycles. The van der Waals surface area contributed by atoms with E-state index in [1.54, 1.807) is 0 Å². The first-order chi connectivity index (χ1) is 8.22. The van der Waals surface area contributed by atoms with Crippen molar-refractivity contribution >= 4 is 6.03 Å². The molecule has 2 aliphatic rings. The zero-order valence-corrected chi connectivity index (χ0v) is 11.1. The number of hydrogen-bond donors (Lipinski definition) is 1. The Balaban J connectivity index is 1.71. The standard InChI is InChI=1S/C13H25N3O/c1-3-6-14-13(17)16-9-7-15(8-10-16)11(2)12-4-5-12/h11-12H,3-10H2,1-2H3,(H,14,17). The van der Waals surface area contributed by atoms with Gasteiger partial charge in [-0.2, -0.15) is 0 Å². The van der Waals surface area contributed by atoms with Gasteiger partial charge in [-0.15, -0.1) is 0 Å². The Bertz CT molecular complexity index is 257. The molecule has 1 aliphatic heterocycles. The summed E-state index contributed by atoms with van der Waals surface area (Å²) in [5.74, 6) is 0.926. The lowest BCUT2D eigenvalue weighted by Crippen LogP contribution is -2.54. The zero-order chi connectivity index (χ0) is 12.3. The molecule has 1 saturated heterocycles. The maximum atomic E-state index is 11.8. The van der Waals surface area contributed by atoms with Gasteiger partial charge in [0.25, 0.3) is 0 Å². The summed E-state index contributed by atoms with van der Waals surface area (Å²) in [7, 11) is 0.